The van der Waals surface area contributed by atoms with Gasteiger partial charge in [0.05, 0.1) is 17.9 Å². The van der Waals surface area contributed by atoms with E-state index in [0.29, 0.717) is 11.3 Å². The normalized spacial score (nSPS) is 15.5. The van der Waals surface area contributed by atoms with Crippen LogP contribution in [-0.4, -0.2) is 49.6 Å². The first kappa shape index (κ1) is 19.4. The van der Waals surface area contributed by atoms with Gasteiger partial charge in [-0.1, -0.05) is 12.1 Å². The second-order valence-corrected chi connectivity index (χ2v) is 5.45. The first-order chi connectivity index (χ1) is 10.6. The lowest BCUT2D eigenvalue weighted by atomic mass is 10.1. The Hall–Kier alpha value is -1.63. The number of likely N-dealkylation sites (tertiary alicyclic amines) is 1. The predicted molar refractivity (Wildman–Crippen MR) is 91.9 cm³/mol. The van der Waals surface area contributed by atoms with Crippen LogP contribution in [0.4, 0.5) is 5.69 Å². The van der Waals surface area contributed by atoms with Crippen LogP contribution >= 0.6 is 12.4 Å². The molecule has 1 aromatic carbocycles. The molecule has 1 aromatic rings. The van der Waals surface area contributed by atoms with Gasteiger partial charge >= 0.3 is 0 Å². The quantitative estimate of drug-likeness (QED) is 0.852. The van der Waals surface area contributed by atoms with Crippen LogP contribution in [0.1, 0.15) is 29.6 Å². The SMILES string of the molecule is COCC(N)C(=O)Nc1ccccc1C(=O)N1CCCCC1.Cl. The second-order valence-electron chi connectivity index (χ2n) is 5.45. The molecule has 3 N–H and O–H groups in total. The van der Waals surface area contributed by atoms with Crippen LogP contribution in [0.2, 0.25) is 0 Å². The van der Waals surface area contributed by atoms with E-state index in [1.54, 1.807) is 24.3 Å². The number of nitrogens with zero attached hydrogens (tertiary/aromatic N) is 1. The molecular weight excluding hydrogens is 318 g/mol. The van der Waals surface area contributed by atoms with Crippen LogP contribution in [0.5, 0.6) is 0 Å². The molecule has 0 saturated carbocycles. The molecule has 0 bridgehead atoms. The number of anilines is 1. The number of nitrogens with two attached hydrogens (primary N) is 1. The number of amides is 2. The Balaban J connectivity index is 0.00000264. The number of halogens is 1. The third kappa shape index (κ3) is 5.20. The van der Waals surface area contributed by atoms with Crippen LogP contribution in [0.3, 0.4) is 0 Å². The van der Waals surface area contributed by atoms with E-state index in [1.165, 1.54) is 7.11 Å². The van der Waals surface area contributed by atoms with Crippen molar-refractivity contribution in [3.8, 4) is 0 Å². The third-order valence-corrected chi connectivity index (χ3v) is 3.74. The topological polar surface area (TPSA) is 84.7 Å². The van der Waals surface area contributed by atoms with Crippen LogP contribution < -0.4 is 11.1 Å². The standard InChI is InChI=1S/C16H23N3O3.ClH/c1-22-11-13(17)15(20)18-14-8-4-3-7-12(14)16(21)19-9-5-2-6-10-19;/h3-4,7-8,13H,2,5-6,9-11,17H2,1H3,(H,18,20);1H. The number of hydrogen-bond donors (Lipinski definition) is 2. The summed E-state index contributed by atoms with van der Waals surface area (Å²) in [5.74, 6) is -0.406. The maximum atomic E-state index is 12.6. The third-order valence-electron chi connectivity index (χ3n) is 3.74. The van der Waals surface area contributed by atoms with Crippen molar-refractivity contribution < 1.29 is 14.3 Å². The van der Waals surface area contributed by atoms with Gasteiger partial charge < -0.3 is 20.7 Å². The molecule has 0 spiro atoms. The van der Waals surface area contributed by atoms with Crippen molar-refractivity contribution in [2.24, 2.45) is 5.73 Å². The molecule has 0 aromatic heterocycles. The minimum atomic E-state index is -0.761. The van der Waals surface area contributed by atoms with Crippen molar-refractivity contribution in [2.75, 3.05) is 32.1 Å². The number of piperidine rings is 1. The Labute approximate surface area is 142 Å². The van der Waals surface area contributed by atoms with Crippen LogP contribution in [0.25, 0.3) is 0 Å². The maximum absolute atomic E-state index is 12.6. The lowest BCUT2D eigenvalue weighted by molar-refractivity contribution is -0.118. The van der Waals surface area contributed by atoms with E-state index in [4.69, 9.17) is 10.5 Å². The summed E-state index contributed by atoms with van der Waals surface area (Å²) >= 11 is 0. The minimum Gasteiger partial charge on any atom is -0.383 e. The summed E-state index contributed by atoms with van der Waals surface area (Å²) < 4.78 is 4.87. The first-order valence-electron chi connectivity index (χ1n) is 7.57. The van der Waals surface area contributed by atoms with Crippen LogP contribution in [0.15, 0.2) is 24.3 Å². The smallest absolute Gasteiger partial charge is 0.255 e. The summed E-state index contributed by atoms with van der Waals surface area (Å²) in [4.78, 5) is 26.5. The Kier molecular flexibility index (Phi) is 8.02. The van der Waals surface area contributed by atoms with Crippen molar-refractivity contribution >= 4 is 29.9 Å². The summed E-state index contributed by atoms with van der Waals surface area (Å²) in [7, 11) is 1.49. The molecule has 0 radical (unpaired) electrons. The molecule has 1 aliphatic heterocycles. The maximum Gasteiger partial charge on any atom is 0.255 e. The molecule has 1 aliphatic rings. The largest absolute Gasteiger partial charge is 0.383 e. The molecule has 2 amide bonds. The Morgan fingerprint density at radius 3 is 2.57 bits per heavy atom. The zero-order valence-corrected chi connectivity index (χ0v) is 14.1. The number of para-hydroxylation sites is 1. The molecular formula is C16H24ClN3O3. The van der Waals surface area contributed by atoms with Gasteiger partial charge in [0.2, 0.25) is 5.91 Å². The molecule has 7 heteroatoms. The highest BCUT2D eigenvalue weighted by molar-refractivity contribution is 6.04. The number of ether oxygens (including phenoxy) is 1. The van der Waals surface area contributed by atoms with E-state index in [0.717, 1.165) is 32.4 Å². The lowest BCUT2D eigenvalue weighted by Gasteiger charge is -2.27. The van der Waals surface area contributed by atoms with Gasteiger partial charge in [0.1, 0.15) is 6.04 Å². The summed E-state index contributed by atoms with van der Waals surface area (Å²) in [6.07, 6.45) is 3.21. The Morgan fingerprint density at radius 1 is 1.26 bits per heavy atom. The van der Waals surface area contributed by atoms with Gasteiger partial charge in [0, 0.05) is 20.2 Å². The average molecular weight is 342 g/mol. The zero-order valence-electron chi connectivity index (χ0n) is 13.3. The molecule has 2 rings (SSSR count). The molecule has 1 atom stereocenters. The van der Waals surface area contributed by atoms with E-state index < -0.39 is 6.04 Å². The van der Waals surface area contributed by atoms with Crippen molar-refractivity contribution in [2.45, 2.75) is 25.3 Å². The summed E-state index contributed by atoms with van der Waals surface area (Å²) in [5.41, 5.74) is 6.71. The number of benzene rings is 1. The highest BCUT2D eigenvalue weighted by atomic mass is 35.5. The monoisotopic (exact) mass is 341 g/mol. The Bertz CT molecular complexity index is 533. The zero-order chi connectivity index (χ0) is 15.9. The summed E-state index contributed by atoms with van der Waals surface area (Å²) in [6.45, 7) is 1.67. The fraction of sp³-hybridized carbons (Fsp3) is 0.500. The van der Waals surface area contributed by atoms with E-state index >= 15 is 0 Å². The van der Waals surface area contributed by atoms with Crippen LogP contribution in [0, 0.1) is 0 Å². The second kappa shape index (κ2) is 9.50. The number of nitrogens with one attached hydrogen (secondary N) is 1. The molecule has 1 saturated heterocycles. The van der Waals surface area contributed by atoms with E-state index in [2.05, 4.69) is 5.32 Å². The van der Waals surface area contributed by atoms with Gasteiger partial charge in [0.25, 0.3) is 5.91 Å². The summed E-state index contributed by atoms with van der Waals surface area (Å²) in [6, 6.07) is 6.26. The fourth-order valence-electron chi connectivity index (χ4n) is 2.53. The van der Waals surface area contributed by atoms with Crippen molar-refractivity contribution in [1.29, 1.82) is 0 Å². The van der Waals surface area contributed by atoms with Crippen LogP contribution in [-0.2, 0) is 9.53 Å². The Morgan fingerprint density at radius 2 is 1.91 bits per heavy atom. The van der Waals surface area contributed by atoms with Gasteiger partial charge in [-0.2, -0.15) is 0 Å². The van der Waals surface area contributed by atoms with E-state index in [1.807, 2.05) is 4.90 Å². The van der Waals surface area contributed by atoms with Gasteiger partial charge in [0.15, 0.2) is 0 Å². The molecule has 128 valence electrons. The number of carbonyl (C=O) groups is 2. The lowest BCUT2D eigenvalue weighted by Crippen LogP contribution is -2.40. The van der Waals surface area contributed by atoms with Crippen molar-refractivity contribution in [3.05, 3.63) is 29.8 Å². The number of rotatable bonds is 5. The van der Waals surface area contributed by atoms with E-state index in [-0.39, 0.29) is 30.8 Å². The molecule has 1 fully saturated rings. The number of methoxy groups -OCH3 is 1. The van der Waals surface area contributed by atoms with Crippen molar-refractivity contribution in [1.82, 2.24) is 4.90 Å². The highest BCUT2D eigenvalue weighted by Crippen LogP contribution is 2.20. The molecule has 1 unspecified atom stereocenters. The molecule has 6 nitrogen and oxygen atoms in total. The highest BCUT2D eigenvalue weighted by Gasteiger charge is 2.22. The predicted octanol–water partition coefficient (Wildman–Crippen LogP) is 1.65. The molecule has 23 heavy (non-hydrogen) atoms. The molecule has 1 heterocycles. The van der Waals surface area contributed by atoms with Gasteiger partial charge in [-0.05, 0) is 31.4 Å². The van der Waals surface area contributed by atoms with Gasteiger partial charge in [-0.15, -0.1) is 12.4 Å². The molecule has 0 aliphatic carbocycles. The number of hydrogen-bond acceptors (Lipinski definition) is 4. The van der Waals surface area contributed by atoms with Gasteiger partial charge in [-0.3, -0.25) is 9.59 Å². The average Bonchev–Trinajstić information content (AvgIpc) is 2.55. The summed E-state index contributed by atoms with van der Waals surface area (Å²) in [5, 5.41) is 2.72. The minimum absolute atomic E-state index is 0. The van der Waals surface area contributed by atoms with Gasteiger partial charge in [-0.25, -0.2) is 0 Å². The van der Waals surface area contributed by atoms with Crippen molar-refractivity contribution in [3.63, 3.8) is 0 Å². The fourth-order valence-corrected chi connectivity index (χ4v) is 2.53. The first-order valence-corrected chi connectivity index (χ1v) is 7.57. The number of carbonyl (C=O) groups excluding carboxylic acids is 2. The van der Waals surface area contributed by atoms with E-state index in [9.17, 15) is 9.59 Å².